The van der Waals surface area contributed by atoms with Crippen molar-refractivity contribution in [3.8, 4) is 0 Å². The first kappa shape index (κ1) is 34.9. The Labute approximate surface area is 192 Å². The third-order valence-electron chi connectivity index (χ3n) is 4.36. The van der Waals surface area contributed by atoms with Crippen molar-refractivity contribution in [2.75, 3.05) is 19.8 Å². The number of ether oxygens (including phenoxy) is 1. The second kappa shape index (κ2) is 18.1. The number of carbonyl (C=O) groups is 2. The lowest BCUT2D eigenvalue weighted by atomic mass is 10.0. The summed E-state index contributed by atoms with van der Waals surface area (Å²) in [6.07, 6.45) is -18.4. The van der Waals surface area contributed by atoms with Gasteiger partial charge in [-0.3, -0.25) is 0 Å². The molecule has 0 saturated carbocycles. The van der Waals surface area contributed by atoms with E-state index in [9.17, 15) is 9.59 Å². The van der Waals surface area contributed by atoms with E-state index in [1.165, 1.54) is 0 Å². The molecule has 34 heavy (non-hydrogen) atoms. The summed E-state index contributed by atoms with van der Waals surface area (Å²) in [6.45, 7) is -1.93. The highest BCUT2D eigenvalue weighted by atomic mass is 16.6. The first-order valence-corrected chi connectivity index (χ1v) is 9.62. The van der Waals surface area contributed by atoms with E-state index in [0.29, 0.717) is 0 Å². The molecule has 1 fully saturated rings. The summed E-state index contributed by atoms with van der Waals surface area (Å²) in [5.41, 5.74) is 0. The average molecular weight is 510 g/mol. The van der Waals surface area contributed by atoms with Crippen LogP contribution in [0.5, 0.6) is 0 Å². The van der Waals surface area contributed by atoms with E-state index in [0.717, 1.165) is 0 Å². The second-order valence-corrected chi connectivity index (χ2v) is 6.94. The van der Waals surface area contributed by atoms with Crippen molar-refractivity contribution in [1.29, 1.82) is 0 Å². The lowest BCUT2D eigenvalue weighted by Crippen LogP contribution is -2.46. The molecule has 0 radical (unpaired) electrons. The van der Waals surface area contributed by atoms with Gasteiger partial charge in [0.05, 0.1) is 19.8 Å². The molecule has 14 N–H and O–H groups in total. The van der Waals surface area contributed by atoms with Gasteiger partial charge in [0.25, 0.3) is 0 Å². The molecule has 1 rings (SSSR count). The Bertz CT molecular complexity index is 506. The second-order valence-electron chi connectivity index (χ2n) is 6.94. The van der Waals surface area contributed by atoms with Gasteiger partial charge in [0.15, 0.2) is 18.9 Å². The minimum Gasteiger partial charge on any atom is -0.394 e. The van der Waals surface area contributed by atoms with E-state index in [1.54, 1.807) is 0 Å². The molecule has 0 aromatic heterocycles. The van der Waals surface area contributed by atoms with E-state index in [4.69, 9.17) is 71.5 Å². The maximum absolute atomic E-state index is 9.90. The van der Waals surface area contributed by atoms with Crippen LogP contribution < -0.4 is 0 Å². The molecule has 0 spiro atoms. The number of carbonyl (C=O) groups excluding carboxylic acids is 2. The van der Waals surface area contributed by atoms with Crippen molar-refractivity contribution in [3.63, 3.8) is 0 Å². The quantitative estimate of drug-likeness (QED) is 0.115. The smallest absolute Gasteiger partial charge is 0.184 e. The van der Waals surface area contributed by atoms with Crippen LogP contribution in [0.4, 0.5) is 0 Å². The molecule has 0 aromatic carbocycles. The molecule has 1 saturated heterocycles. The van der Waals surface area contributed by atoms with Crippen molar-refractivity contribution in [2.24, 2.45) is 0 Å². The summed E-state index contributed by atoms with van der Waals surface area (Å²) in [5.74, 6) is 0. The Morgan fingerprint density at radius 1 is 0.618 bits per heavy atom. The normalized spacial score (nSPS) is 29.0. The van der Waals surface area contributed by atoms with Gasteiger partial charge in [0.1, 0.15) is 67.1 Å². The van der Waals surface area contributed by atoms with Crippen molar-refractivity contribution in [3.05, 3.63) is 0 Å². The van der Waals surface area contributed by atoms with Crippen molar-refractivity contribution >= 4 is 12.6 Å². The van der Waals surface area contributed by atoms with Crippen LogP contribution in [0.2, 0.25) is 0 Å². The fourth-order valence-electron chi connectivity index (χ4n) is 2.12. The number of aliphatic hydroxyl groups is 14. The predicted octanol–water partition coefficient (Wildman–Crippen LogP) is -9.34. The van der Waals surface area contributed by atoms with Crippen LogP contribution in [0.3, 0.4) is 0 Å². The van der Waals surface area contributed by atoms with Gasteiger partial charge in [-0.05, 0) is 0 Å². The van der Waals surface area contributed by atoms with Gasteiger partial charge in [-0.2, -0.15) is 0 Å². The highest BCUT2D eigenvalue weighted by molar-refractivity contribution is 5.57. The molecule has 1 aliphatic heterocycles. The van der Waals surface area contributed by atoms with Crippen LogP contribution in [0.1, 0.15) is 0 Å². The van der Waals surface area contributed by atoms with Crippen LogP contribution in [-0.4, -0.2) is 177 Å². The SMILES string of the molecule is O=CC(O)C(O)C(O)C(O)CO.O=CC(O)C(O)C(O)C(O)CO.OCC1OC(O)C(O)C1O. The van der Waals surface area contributed by atoms with E-state index >= 15 is 0 Å². The van der Waals surface area contributed by atoms with Crippen LogP contribution >= 0.6 is 0 Å². The van der Waals surface area contributed by atoms with Gasteiger partial charge >= 0.3 is 0 Å². The monoisotopic (exact) mass is 510 g/mol. The Morgan fingerprint density at radius 3 is 1.15 bits per heavy atom. The van der Waals surface area contributed by atoms with Gasteiger partial charge in [0.2, 0.25) is 0 Å². The number of hydrogen-bond acceptors (Lipinski definition) is 17. The highest BCUT2D eigenvalue weighted by Gasteiger charge is 2.41. The Kier molecular flexibility index (Phi) is 18.6. The minimum atomic E-state index is -1.79. The van der Waals surface area contributed by atoms with Gasteiger partial charge in [-0.15, -0.1) is 0 Å². The molecule has 0 aliphatic carbocycles. The predicted molar refractivity (Wildman–Crippen MR) is 104 cm³/mol. The van der Waals surface area contributed by atoms with E-state index in [1.807, 2.05) is 0 Å². The molecule has 1 aliphatic rings. The molecule has 12 unspecified atom stereocenters. The first-order valence-electron chi connectivity index (χ1n) is 9.62. The molecule has 0 aromatic rings. The van der Waals surface area contributed by atoms with Crippen molar-refractivity contribution in [2.45, 2.75) is 73.4 Å². The average Bonchev–Trinajstić information content (AvgIpc) is 3.11. The third kappa shape index (κ3) is 11.4. The van der Waals surface area contributed by atoms with Gasteiger partial charge in [-0.25, -0.2) is 0 Å². The van der Waals surface area contributed by atoms with Gasteiger partial charge in [-0.1, -0.05) is 0 Å². The molecular formula is C17H34O17. The fourth-order valence-corrected chi connectivity index (χ4v) is 2.12. The van der Waals surface area contributed by atoms with E-state index in [-0.39, 0.29) is 12.6 Å². The minimum absolute atomic E-state index is 0.0258. The number of aldehydes is 2. The summed E-state index contributed by atoms with van der Waals surface area (Å²) in [5, 5.41) is 122. The topological polar surface area (TPSA) is 327 Å². The van der Waals surface area contributed by atoms with Gasteiger partial charge < -0.3 is 85.8 Å². The van der Waals surface area contributed by atoms with Crippen molar-refractivity contribution < 1.29 is 85.8 Å². The van der Waals surface area contributed by atoms with Crippen molar-refractivity contribution in [1.82, 2.24) is 0 Å². The summed E-state index contributed by atoms with van der Waals surface area (Å²) in [7, 11) is 0. The summed E-state index contributed by atoms with van der Waals surface area (Å²) < 4.78 is 4.54. The maximum atomic E-state index is 9.90. The lowest BCUT2D eigenvalue weighted by Gasteiger charge is -2.22. The number of rotatable bonds is 11. The van der Waals surface area contributed by atoms with Crippen LogP contribution in [0, 0.1) is 0 Å². The Morgan fingerprint density at radius 2 is 0.971 bits per heavy atom. The summed E-state index contributed by atoms with van der Waals surface area (Å²) in [6, 6.07) is 0. The molecule has 1 heterocycles. The molecule has 17 nitrogen and oxygen atoms in total. The van der Waals surface area contributed by atoms with Gasteiger partial charge in [0, 0.05) is 0 Å². The molecule has 17 heteroatoms. The lowest BCUT2D eigenvalue weighted by molar-refractivity contribution is -0.136. The van der Waals surface area contributed by atoms with Crippen LogP contribution in [-0.2, 0) is 14.3 Å². The highest BCUT2D eigenvalue weighted by Crippen LogP contribution is 2.18. The molecule has 0 bridgehead atoms. The number of hydrogen-bond donors (Lipinski definition) is 14. The van der Waals surface area contributed by atoms with E-state index < -0.39 is 93.3 Å². The maximum Gasteiger partial charge on any atom is 0.184 e. The Hall–Kier alpha value is -1.26. The third-order valence-corrected chi connectivity index (χ3v) is 4.36. The van der Waals surface area contributed by atoms with Crippen LogP contribution in [0.25, 0.3) is 0 Å². The largest absolute Gasteiger partial charge is 0.394 e. The van der Waals surface area contributed by atoms with E-state index in [2.05, 4.69) is 4.74 Å². The molecular weight excluding hydrogens is 476 g/mol. The molecule has 12 atom stereocenters. The first-order chi connectivity index (χ1) is 15.7. The number of aliphatic hydroxyl groups excluding tert-OH is 14. The summed E-state index contributed by atoms with van der Waals surface area (Å²) in [4.78, 5) is 19.8. The fraction of sp³-hybridized carbons (Fsp3) is 0.882. The zero-order chi connectivity index (χ0) is 27.2. The summed E-state index contributed by atoms with van der Waals surface area (Å²) >= 11 is 0. The molecule has 204 valence electrons. The van der Waals surface area contributed by atoms with Crippen LogP contribution in [0.15, 0.2) is 0 Å². The molecule has 0 amide bonds. The Balaban J connectivity index is 0. The zero-order valence-electron chi connectivity index (χ0n) is 17.7. The standard InChI is InChI=1S/2C6H12O6.C5H10O5/c2*7-1-3(9)5(11)6(12)4(10)2-8;6-1-2-3(7)4(8)5(9)10-2/h2*1,3-6,8-12H,2H2;2-9H,1H2. The zero-order valence-corrected chi connectivity index (χ0v) is 17.7.